The quantitative estimate of drug-likeness (QED) is 0.640. The molecule has 3 atom stereocenters. The highest BCUT2D eigenvalue weighted by Crippen LogP contribution is 2.59. The first-order valence-electron chi connectivity index (χ1n) is 5.66. The molecule has 0 radical (unpaired) electrons. The maximum Gasteiger partial charge on any atom is 0.0101 e. The van der Waals surface area contributed by atoms with Gasteiger partial charge in [-0.1, -0.05) is 12.5 Å². The summed E-state index contributed by atoms with van der Waals surface area (Å²) in [6, 6.07) is 0.772. The zero-order chi connectivity index (χ0) is 9.26. The van der Waals surface area contributed by atoms with Gasteiger partial charge in [0.2, 0.25) is 0 Å². The molecule has 3 unspecified atom stereocenters. The molecule has 0 aromatic rings. The second-order valence-corrected chi connectivity index (χ2v) is 4.60. The fourth-order valence-electron chi connectivity index (χ4n) is 3.30. The van der Waals surface area contributed by atoms with Crippen molar-refractivity contribution < 1.29 is 0 Å². The summed E-state index contributed by atoms with van der Waals surface area (Å²) in [7, 11) is 2.11. The van der Waals surface area contributed by atoms with Gasteiger partial charge in [0.05, 0.1) is 0 Å². The Bertz CT molecular complexity index is 178. The third-order valence-electron chi connectivity index (χ3n) is 3.99. The van der Waals surface area contributed by atoms with Crippen LogP contribution in [0.1, 0.15) is 32.1 Å². The van der Waals surface area contributed by atoms with Gasteiger partial charge in [-0.25, -0.2) is 0 Å². The highest BCUT2D eigenvalue weighted by molar-refractivity contribution is 5.06. The van der Waals surface area contributed by atoms with Gasteiger partial charge < -0.3 is 5.32 Å². The molecule has 74 valence electrons. The van der Waals surface area contributed by atoms with Crippen LogP contribution in [0, 0.1) is 17.8 Å². The second-order valence-electron chi connectivity index (χ2n) is 4.60. The molecule has 0 amide bonds. The number of fused-ring (bicyclic) bond motifs is 1. The summed E-state index contributed by atoms with van der Waals surface area (Å²) in [5.74, 6) is 3.18. The van der Waals surface area contributed by atoms with Crippen LogP contribution in [0.3, 0.4) is 0 Å². The summed E-state index contributed by atoms with van der Waals surface area (Å²) in [5.41, 5.74) is 0. The van der Waals surface area contributed by atoms with Gasteiger partial charge in [-0.2, -0.15) is 0 Å². The number of rotatable bonds is 5. The predicted molar refractivity (Wildman–Crippen MR) is 56.6 cm³/mol. The average molecular weight is 179 g/mol. The summed E-state index contributed by atoms with van der Waals surface area (Å²) in [6.45, 7) is 3.79. The highest BCUT2D eigenvalue weighted by Gasteiger charge is 2.54. The first-order chi connectivity index (χ1) is 6.38. The smallest absolute Gasteiger partial charge is 0.0101 e. The van der Waals surface area contributed by atoms with Crippen molar-refractivity contribution in [3.05, 3.63) is 12.7 Å². The lowest BCUT2D eigenvalue weighted by molar-refractivity contribution is 0.411. The molecule has 13 heavy (non-hydrogen) atoms. The molecule has 2 rings (SSSR count). The van der Waals surface area contributed by atoms with Crippen LogP contribution in [-0.2, 0) is 0 Å². The van der Waals surface area contributed by atoms with Crippen molar-refractivity contribution in [2.75, 3.05) is 7.05 Å². The Morgan fingerprint density at radius 2 is 2.15 bits per heavy atom. The lowest BCUT2D eigenvalue weighted by Gasteiger charge is -2.17. The van der Waals surface area contributed by atoms with Crippen molar-refractivity contribution >= 4 is 0 Å². The van der Waals surface area contributed by atoms with Gasteiger partial charge >= 0.3 is 0 Å². The summed E-state index contributed by atoms with van der Waals surface area (Å²) < 4.78 is 0. The van der Waals surface area contributed by atoms with E-state index in [9.17, 15) is 0 Å². The number of hydrogen-bond donors (Lipinski definition) is 1. The maximum absolute atomic E-state index is 3.79. The average Bonchev–Trinajstić information content (AvgIpc) is 2.62. The van der Waals surface area contributed by atoms with E-state index in [4.69, 9.17) is 0 Å². The van der Waals surface area contributed by atoms with Gasteiger partial charge in [0.25, 0.3) is 0 Å². The summed E-state index contributed by atoms with van der Waals surface area (Å²) in [6.07, 6.45) is 8.99. The Labute approximate surface area is 81.6 Å². The minimum Gasteiger partial charge on any atom is -0.317 e. The minimum atomic E-state index is 0.772. The molecule has 2 aliphatic carbocycles. The SMILES string of the molecule is C=CCCC(NC)C1C2CCCC21. The van der Waals surface area contributed by atoms with Crippen molar-refractivity contribution in [3.63, 3.8) is 0 Å². The molecule has 1 nitrogen and oxygen atoms in total. The normalized spacial score (nSPS) is 38.4. The molecule has 1 heteroatoms. The van der Waals surface area contributed by atoms with Crippen LogP contribution in [0.25, 0.3) is 0 Å². The topological polar surface area (TPSA) is 12.0 Å². The van der Waals surface area contributed by atoms with Crippen LogP contribution in [0.5, 0.6) is 0 Å². The summed E-state index contributed by atoms with van der Waals surface area (Å²) in [5, 5.41) is 3.48. The van der Waals surface area contributed by atoms with Crippen LogP contribution >= 0.6 is 0 Å². The van der Waals surface area contributed by atoms with E-state index in [2.05, 4.69) is 18.9 Å². The lowest BCUT2D eigenvalue weighted by Crippen LogP contribution is -2.29. The lowest BCUT2D eigenvalue weighted by atomic mass is 10.00. The Hall–Kier alpha value is -0.300. The van der Waals surface area contributed by atoms with Gasteiger partial charge in [0, 0.05) is 6.04 Å². The van der Waals surface area contributed by atoms with Gasteiger partial charge in [-0.15, -0.1) is 6.58 Å². The number of hydrogen-bond acceptors (Lipinski definition) is 1. The van der Waals surface area contributed by atoms with Crippen molar-refractivity contribution in [2.24, 2.45) is 17.8 Å². The largest absolute Gasteiger partial charge is 0.317 e. The first kappa shape index (κ1) is 9.26. The number of nitrogens with one attached hydrogen (secondary N) is 1. The molecule has 0 aliphatic heterocycles. The van der Waals surface area contributed by atoms with Crippen molar-refractivity contribution in [1.82, 2.24) is 5.32 Å². The van der Waals surface area contributed by atoms with E-state index in [1.54, 1.807) is 0 Å². The Morgan fingerprint density at radius 1 is 1.46 bits per heavy atom. The molecular formula is C12H21N. The molecule has 0 saturated heterocycles. The summed E-state index contributed by atoms with van der Waals surface area (Å²) >= 11 is 0. The third-order valence-corrected chi connectivity index (χ3v) is 3.99. The monoisotopic (exact) mass is 179 g/mol. The van der Waals surface area contributed by atoms with E-state index in [-0.39, 0.29) is 0 Å². The Morgan fingerprint density at radius 3 is 2.69 bits per heavy atom. The van der Waals surface area contributed by atoms with E-state index in [0.29, 0.717) is 0 Å². The Balaban J connectivity index is 1.81. The zero-order valence-corrected chi connectivity index (χ0v) is 8.63. The fraction of sp³-hybridized carbons (Fsp3) is 0.833. The second kappa shape index (κ2) is 3.83. The predicted octanol–water partition coefficient (Wildman–Crippen LogP) is 2.59. The van der Waals surface area contributed by atoms with Crippen LogP contribution in [-0.4, -0.2) is 13.1 Å². The minimum absolute atomic E-state index is 0.772. The van der Waals surface area contributed by atoms with Gasteiger partial charge in [0.1, 0.15) is 0 Å². The molecule has 0 aromatic heterocycles. The number of allylic oxidation sites excluding steroid dienone is 1. The molecule has 2 aliphatic rings. The van der Waals surface area contributed by atoms with Crippen molar-refractivity contribution in [3.8, 4) is 0 Å². The van der Waals surface area contributed by atoms with E-state index in [1.807, 2.05) is 6.08 Å². The van der Waals surface area contributed by atoms with E-state index in [0.717, 1.165) is 23.8 Å². The molecule has 1 N–H and O–H groups in total. The molecule has 0 spiro atoms. The standard InChI is InChI=1S/C12H21N/c1-3-4-8-11(13-2)12-9-6-5-7-10(9)12/h3,9-13H,1,4-8H2,2H3. The van der Waals surface area contributed by atoms with Gasteiger partial charge in [-0.3, -0.25) is 0 Å². The molecule has 0 heterocycles. The van der Waals surface area contributed by atoms with E-state index in [1.165, 1.54) is 32.1 Å². The maximum atomic E-state index is 3.79. The first-order valence-corrected chi connectivity index (χ1v) is 5.66. The van der Waals surface area contributed by atoms with E-state index < -0.39 is 0 Å². The van der Waals surface area contributed by atoms with E-state index >= 15 is 0 Å². The van der Waals surface area contributed by atoms with Gasteiger partial charge in [0.15, 0.2) is 0 Å². The zero-order valence-electron chi connectivity index (χ0n) is 8.63. The molecular weight excluding hydrogens is 158 g/mol. The molecule has 0 aromatic carbocycles. The molecule has 2 saturated carbocycles. The molecule has 0 bridgehead atoms. The highest BCUT2D eigenvalue weighted by atomic mass is 14.9. The van der Waals surface area contributed by atoms with Crippen LogP contribution in [0.15, 0.2) is 12.7 Å². The molecule has 2 fully saturated rings. The van der Waals surface area contributed by atoms with Crippen molar-refractivity contribution in [2.45, 2.75) is 38.1 Å². The van der Waals surface area contributed by atoms with Crippen LogP contribution < -0.4 is 5.32 Å². The fourth-order valence-corrected chi connectivity index (χ4v) is 3.30. The van der Waals surface area contributed by atoms with Crippen LogP contribution in [0.2, 0.25) is 0 Å². The Kier molecular flexibility index (Phi) is 2.73. The van der Waals surface area contributed by atoms with Crippen molar-refractivity contribution in [1.29, 1.82) is 0 Å². The summed E-state index contributed by atoms with van der Waals surface area (Å²) in [4.78, 5) is 0. The van der Waals surface area contributed by atoms with Crippen LogP contribution in [0.4, 0.5) is 0 Å². The third kappa shape index (κ3) is 1.67. The van der Waals surface area contributed by atoms with Gasteiger partial charge in [-0.05, 0) is 50.5 Å².